The van der Waals surface area contributed by atoms with E-state index in [0.29, 0.717) is 30.2 Å². The number of nitrogens with one attached hydrogen (secondary N) is 1. The fraction of sp³-hybridized carbons (Fsp3) is 0.167. The van der Waals surface area contributed by atoms with Crippen molar-refractivity contribution in [2.75, 3.05) is 18.1 Å². The van der Waals surface area contributed by atoms with Crippen molar-refractivity contribution >= 4 is 54.4 Å². The number of anilines is 1. The van der Waals surface area contributed by atoms with Gasteiger partial charge in [0, 0.05) is 23.5 Å². The third kappa shape index (κ3) is 4.29. The number of carbonyl (C=O) groups is 1. The first-order valence-electron chi connectivity index (χ1n) is 10.4. The molecule has 33 heavy (non-hydrogen) atoms. The van der Waals surface area contributed by atoms with Crippen LogP contribution in [0.2, 0.25) is 0 Å². The molecule has 0 aliphatic carbocycles. The normalized spacial score (nSPS) is 14.2. The Bertz CT molecular complexity index is 1450. The minimum Gasteiger partial charge on any atom is -0.298 e. The lowest BCUT2D eigenvalue weighted by Crippen LogP contribution is -2.35. The fourth-order valence-electron chi connectivity index (χ4n) is 3.91. The predicted octanol–water partition coefficient (Wildman–Crippen LogP) is 5.02. The summed E-state index contributed by atoms with van der Waals surface area (Å²) in [6.07, 6.45) is 2.68. The lowest BCUT2D eigenvalue weighted by atomic mass is 10.0. The molecule has 1 N–H and O–H groups in total. The Morgan fingerprint density at radius 2 is 1.79 bits per heavy atom. The second kappa shape index (κ2) is 8.90. The van der Waals surface area contributed by atoms with Crippen LogP contribution in [0.15, 0.2) is 76.5 Å². The van der Waals surface area contributed by atoms with Crippen LogP contribution in [0, 0.1) is 0 Å². The van der Waals surface area contributed by atoms with E-state index in [0.717, 1.165) is 20.7 Å². The van der Waals surface area contributed by atoms with Gasteiger partial charge in [0.25, 0.3) is 5.91 Å². The summed E-state index contributed by atoms with van der Waals surface area (Å²) in [4.78, 5) is 18.5. The summed E-state index contributed by atoms with van der Waals surface area (Å²) in [5.74, 6) is -0.324. The van der Waals surface area contributed by atoms with Crippen molar-refractivity contribution in [1.29, 1.82) is 0 Å². The van der Waals surface area contributed by atoms with Gasteiger partial charge in [-0.2, -0.15) is 4.31 Å². The Morgan fingerprint density at radius 1 is 1.03 bits per heavy atom. The maximum atomic E-state index is 13.1. The Labute approximate surface area is 200 Å². The number of para-hydroxylation sites is 1. The number of thiazole rings is 1. The lowest BCUT2D eigenvalue weighted by molar-refractivity contribution is 0.102. The van der Waals surface area contributed by atoms with Crippen LogP contribution in [0.5, 0.6) is 0 Å². The highest BCUT2D eigenvalue weighted by Gasteiger charge is 2.28. The first-order chi connectivity index (χ1) is 16.0. The van der Waals surface area contributed by atoms with Gasteiger partial charge in [0.1, 0.15) is 0 Å². The zero-order chi connectivity index (χ0) is 23.0. The first-order valence-corrected chi connectivity index (χ1v) is 13.9. The number of amides is 1. The van der Waals surface area contributed by atoms with E-state index in [1.165, 1.54) is 33.3 Å². The zero-order valence-electron chi connectivity index (χ0n) is 17.8. The molecule has 0 fully saturated rings. The number of benzene rings is 3. The average molecular weight is 496 g/mol. The topological polar surface area (TPSA) is 79.4 Å². The van der Waals surface area contributed by atoms with E-state index in [4.69, 9.17) is 0 Å². The van der Waals surface area contributed by atoms with Crippen molar-refractivity contribution in [3.05, 3.63) is 83.4 Å². The molecule has 0 radical (unpaired) electrons. The number of fused-ring (bicyclic) bond motifs is 2. The molecule has 6 nitrogen and oxygen atoms in total. The molecule has 0 spiro atoms. The lowest BCUT2D eigenvalue weighted by Gasteiger charge is -2.28. The van der Waals surface area contributed by atoms with Crippen LogP contribution in [-0.4, -0.2) is 36.4 Å². The summed E-state index contributed by atoms with van der Waals surface area (Å²) in [7, 11) is -3.64. The molecule has 0 bridgehead atoms. The molecule has 0 saturated carbocycles. The van der Waals surface area contributed by atoms with Gasteiger partial charge >= 0.3 is 0 Å². The Kier molecular flexibility index (Phi) is 5.96. The SMILES string of the molecule is CSc1cccc2sc(NC(=O)c3ccc(S(=O)(=O)N4CCc5ccccc5C4)cc3)nc12. The minimum absolute atomic E-state index is 0.183. The van der Waals surface area contributed by atoms with Crippen molar-refractivity contribution in [3.8, 4) is 0 Å². The number of sulfonamides is 1. The van der Waals surface area contributed by atoms with Crippen molar-refractivity contribution in [2.45, 2.75) is 22.8 Å². The zero-order valence-corrected chi connectivity index (χ0v) is 20.3. The van der Waals surface area contributed by atoms with Gasteiger partial charge < -0.3 is 0 Å². The molecule has 0 saturated heterocycles. The number of nitrogens with zero attached hydrogens (tertiary/aromatic N) is 2. The van der Waals surface area contributed by atoms with Crippen LogP contribution in [0.25, 0.3) is 10.2 Å². The van der Waals surface area contributed by atoms with Gasteiger partial charge in [-0.25, -0.2) is 13.4 Å². The van der Waals surface area contributed by atoms with Crippen molar-refractivity contribution in [1.82, 2.24) is 9.29 Å². The molecular weight excluding hydrogens is 474 g/mol. The van der Waals surface area contributed by atoms with E-state index in [1.807, 2.05) is 48.7 Å². The summed E-state index contributed by atoms with van der Waals surface area (Å²) >= 11 is 3.02. The molecule has 168 valence electrons. The third-order valence-corrected chi connectivity index (χ3v) is 9.24. The second-order valence-corrected chi connectivity index (χ2v) is 11.5. The van der Waals surface area contributed by atoms with Crippen LogP contribution in [0.3, 0.4) is 0 Å². The van der Waals surface area contributed by atoms with Crippen LogP contribution >= 0.6 is 23.1 Å². The summed E-state index contributed by atoms with van der Waals surface area (Å²) in [5, 5.41) is 3.34. The number of thioether (sulfide) groups is 1. The smallest absolute Gasteiger partial charge is 0.257 e. The maximum Gasteiger partial charge on any atom is 0.257 e. The largest absolute Gasteiger partial charge is 0.298 e. The van der Waals surface area contributed by atoms with Gasteiger partial charge in [0.05, 0.1) is 15.1 Å². The predicted molar refractivity (Wildman–Crippen MR) is 134 cm³/mol. The van der Waals surface area contributed by atoms with Gasteiger partial charge in [-0.15, -0.1) is 11.8 Å². The van der Waals surface area contributed by atoms with Crippen molar-refractivity contribution in [3.63, 3.8) is 0 Å². The van der Waals surface area contributed by atoms with Crippen molar-refractivity contribution in [2.24, 2.45) is 0 Å². The van der Waals surface area contributed by atoms with Gasteiger partial charge in [0.2, 0.25) is 10.0 Å². The highest BCUT2D eigenvalue weighted by atomic mass is 32.2. The first kappa shape index (κ1) is 22.1. The Balaban J connectivity index is 1.32. The molecule has 4 aromatic rings. The Morgan fingerprint density at radius 3 is 2.55 bits per heavy atom. The molecular formula is C24H21N3O3S3. The van der Waals surface area contributed by atoms with E-state index >= 15 is 0 Å². The van der Waals surface area contributed by atoms with E-state index in [1.54, 1.807) is 23.9 Å². The van der Waals surface area contributed by atoms with Gasteiger partial charge in [-0.05, 0) is 60.2 Å². The summed E-state index contributed by atoms with van der Waals surface area (Å²) < 4.78 is 28.8. The number of aromatic nitrogens is 1. The molecule has 0 unspecified atom stereocenters. The van der Waals surface area contributed by atoms with Crippen LogP contribution in [0.1, 0.15) is 21.5 Å². The maximum absolute atomic E-state index is 13.1. The molecule has 5 rings (SSSR count). The summed E-state index contributed by atoms with van der Waals surface area (Å²) in [6.45, 7) is 0.799. The molecule has 3 aromatic carbocycles. The monoisotopic (exact) mass is 495 g/mol. The molecule has 1 aliphatic heterocycles. The molecule has 9 heteroatoms. The number of hydrogen-bond acceptors (Lipinski definition) is 6. The number of carbonyl (C=O) groups excluding carboxylic acids is 1. The fourth-order valence-corrected chi connectivity index (χ4v) is 6.85. The molecule has 0 atom stereocenters. The molecule has 2 heterocycles. The van der Waals surface area contributed by atoms with Gasteiger partial charge in [-0.3, -0.25) is 10.1 Å². The van der Waals surface area contributed by atoms with Crippen molar-refractivity contribution < 1.29 is 13.2 Å². The van der Waals surface area contributed by atoms with E-state index in [2.05, 4.69) is 10.3 Å². The molecule has 1 aromatic heterocycles. The van der Waals surface area contributed by atoms with Gasteiger partial charge in [-0.1, -0.05) is 41.7 Å². The molecule has 1 amide bonds. The standard InChI is InChI=1S/C24H21N3O3S3/c1-31-20-7-4-8-21-22(20)25-24(32-21)26-23(28)17-9-11-19(12-10-17)33(29,30)27-14-13-16-5-2-3-6-18(16)15-27/h2-12H,13-15H2,1H3,(H,25,26,28). The van der Waals surface area contributed by atoms with Crippen LogP contribution in [-0.2, 0) is 23.0 Å². The minimum atomic E-state index is -3.64. The highest BCUT2D eigenvalue weighted by Crippen LogP contribution is 2.32. The Hall–Kier alpha value is -2.72. The average Bonchev–Trinajstić information content (AvgIpc) is 3.26. The van der Waals surface area contributed by atoms with Crippen LogP contribution in [0.4, 0.5) is 5.13 Å². The quantitative estimate of drug-likeness (QED) is 0.394. The summed E-state index contributed by atoms with van der Waals surface area (Å²) in [5.41, 5.74) is 3.47. The number of hydrogen-bond donors (Lipinski definition) is 1. The highest BCUT2D eigenvalue weighted by molar-refractivity contribution is 7.98. The van der Waals surface area contributed by atoms with Gasteiger partial charge in [0.15, 0.2) is 5.13 Å². The van der Waals surface area contributed by atoms with E-state index in [-0.39, 0.29) is 10.8 Å². The summed E-state index contributed by atoms with van der Waals surface area (Å²) in [6, 6.07) is 19.9. The van der Waals surface area contributed by atoms with E-state index in [9.17, 15) is 13.2 Å². The number of rotatable bonds is 5. The third-order valence-electron chi connectivity index (χ3n) is 5.67. The second-order valence-electron chi connectivity index (χ2n) is 7.66. The van der Waals surface area contributed by atoms with E-state index < -0.39 is 10.0 Å². The van der Waals surface area contributed by atoms with Crippen LogP contribution < -0.4 is 5.32 Å². The molecule has 1 aliphatic rings.